The molecule has 2 amide bonds. The summed E-state index contributed by atoms with van der Waals surface area (Å²) >= 11 is 0. The van der Waals surface area contributed by atoms with Gasteiger partial charge in [-0.25, -0.2) is 0 Å². The number of nitro benzene ring substituents is 1. The van der Waals surface area contributed by atoms with Gasteiger partial charge in [0.2, 0.25) is 5.91 Å². The minimum absolute atomic E-state index is 0.0162. The number of piperidine rings is 1. The third-order valence-corrected chi connectivity index (χ3v) is 6.45. The van der Waals surface area contributed by atoms with Gasteiger partial charge in [-0.3, -0.25) is 19.7 Å². The van der Waals surface area contributed by atoms with E-state index in [1.54, 1.807) is 17.0 Å². The number of carbonyl (C=O) groups excluding carboxylic acids is 2. The number of benzene rings is 1. The first-order valence-electron chi connectivity index (χ1n) is 10.9. The number of piperazine rings is 1. The van der Waals surface area contributed by atoms with Crippen LogP contribution in [0.3, 0.4) is 0 Å². The Balaban J connectivity index is 1.83. The smallest absolute Gasteiger partial charge is 0.293 e. The summed E-state index contributed by atoms with van der Waals surface area (Å²) in [5.41, 5.74) is 0.842. The monoisotopic (exact) mass is 416 g/mol. The van der Waals surface area contributed by atoms with Gasteiger partial charge in [-0.05, 0) is 37.3 Å². The highest BCUT2D eigenvalue weighted by molar-refractivity contribution is 5.96. The highest BCUT2D eigenvalue weighted by atomic mass is 16.6. The minimum atomic E-state index is -0.411. The van der Waals surface area contributed by atoms with Crippen LogP contribution < -0.4 is 4.90 Å². The van der Waals surface area contributed by atoms with Crippen LogP contribution in [-0.4, -0.2) is 65.3 Å². The van der Waals surface area contributed by atoms with E-state index in [1.807, 2.05) is 9.80 Å². The summed E-state index contributed by atoms with van der Waals surface area (Å²) in [5.74, 6) is 0.341. The van der Waals surface area contributed by atoms with Crippen molar-refractivity contribution in [2.24, 2.45) is 5.92 Å². The summed E-state index contributed by atoms with van der Waals surface area (Å²) in [6, 6.07) is 5.02. The molecule has 2 aliphatic heterocycles. The number of nitrogens with zero attached hydrogens (tertiary/aromatic N) is 4. The molecule has 0 spiro atoms. The van der Waals surface area contributed by atoms with Crippen molar-refractivity contribution >= 4 is 23.2 Å². The van der Waals surface area contributed by atoms with E-state index in [1.165, 1.54) is 13.0 Å². The Morgan fingerprint density at radius 3 is 2.47 bits per heavy atom. The average molecular weight is 417 g/mol. The Morgan fingerprint density at radius 1 is 1.17 bits per heavy atom. The number of rotatable bonds is 5. The van der Waals surface area contributed by atoms with Crippen molar-refractivity contribution in [1.29, 1.82) is 0 Å². The molecule has 2 atom stereocenters. The van der Waals surface area contributed by atoms with Crippen molar-refractivity contribution in [3.63, 3.8) is 0 Å². The van der Waals surface area contributed by atoms with Crippen molar-refractivity contribution in [2.45, 2.75) is 52.5 Å². The second-order valence-electron chi connectivity index (χ2n) is 8.43. The van der Waals surface area contributed by atoms with E-state index in [2.05, 4.69) is 13.8 Å². The molecule has 0 N–H and O–H groups in total. The van der Waals surface area contributed by atoms with Crippen LogP contribution in [0.25, 0.3) is 0 Å². The van der Waals surface area contributed by atoms with Crippen molar-refractivity contribution in [2.75, 3.05) is 37.6 Å². The summed E-state index contributed by atoms with van der Waals surface area (Å²) in [5, 5.41) is 11.8. The molecular formula is C22H32N4O4. The fraction of sp³-hybridized carbons (Fsp3) is 0.636. The SMILES string of the molecule is CCCC1C(C)CCCN1C(=O)c1ccc(N2CCN(C(C)=O)CC2)c([N+](=O)[O-])c1. The largest absolute Gasteiger partial charge is 0.362 e. The number of carbonyl (C=O) groups is 2. The average Bonchev–Trinajstić information content (AvgIpc) is 2.74. The molecule has 0 aromatic heterocycles. The molecule has 2 aliphatic rings. The van der Waals surface area contributed by atoms with Crippen molar-refractivity contribution in [3.05, 3.63) is 33.9 Å². The van der Waals surface area contributed by atoms with Crippen LogP contribution in [0, 0.1) is 16.0 Å². The van der Waals surface area contributed by atoms with Gasteiger partial charge in [-0.1, -0.05) is 20.3 Å². The number of hydrogen-bond donors (Lipinski definition) is 0. The summed E-state index contributed by atoms with van der Waals surface area (Å²) in [6.07, 6.45) is 4.03. The number of hydrogen-bond acceptors (Lipinski definition) is 5. The van der Waals surface area contributed by atoms with Gasteiger partial charge in [0.15, 0.2) is 0 Å². The molecule has 0 radical (unpaired) electrons. The summed E-state index contributed by atoms with van der Waals surface area (Å²) in [4.78, 5) is 41.8. The van der Waals surface area contributed by atoms with Crippen molar-refractivity contribution in [3.8, 4) is 0 Å². The van der Waals surface area contributed by atoms with Crippen LogP contribution >= 0.6 is 0 Å². The van der Waals surface area contributed by atoms with Gasteiger partial charge < -0.3 is 14.7 Å². The first-order chi connectivity index (χ1) is 14.3. The third-order valence-electron chi connectivity index (χ3n) is 6.45. The van der Waals surface area contributed by atoms with Gasteiger partial charge in [0.1, 0.15) is 5.69 Å². The maximum atomic E-state index is 13.3. The van der Waals surface area contributed by atoms with Crippen LogP contribution in [0.2, 0.25) is 0 Å². The van der Waals surface area contributed by atoms with Crippen LogP contribution in [0.1, 0.15) is 56.8 Å². The molecule has 30 heavy (non-hydrogen) atoms. The van der Waals surface area contributed by atoms with E-state index < -0.39 is 4.92 Å². The zero-order valence-electron chi connectivity index (χ0n) is 18.2. The maximum Gasteiger partial charge on any atom is 0.293 e. The normalized spacial score (nSPS) is 22.2. The van der Waals surface area contributed by atoms with Crippen LogP contribution in [0.15, 0.2) is 18.2 Å². The molecule has 1 aromatic carbocycles. The highest BCUT2D eigenvalue weighted by Gasteiger charge is 2.33. The summed E-state index contributed by atoms with van der Waals surface area (Å²) in [7, 11) is 0. The molecule has 0 aliphatic carbocycles. The van der Waals surface area contributed by atoms with Crippen LogP contribution in [0.4, 0.5) is 11.4 Å². The fourth-order valence-corrected chi connectivity index (χ4v) is 4.74. The second-order valence-corrected chi connectivity index (χ2v) is 8.43. The van der Waals surface area contributed by atoms with Gasteiger partial charge in [-0.2, -0.15) is 0 Å². The molecule has 3 rings (SSSR count). The Hall–Kier alpha value is -2.64. The Bertz CT molecular complexity index is 804. The molecule has 0 bridgehead atoms. The number of anilines is 1. The van der Waals surface area contributed by atoms with Gasteiger partial charge in [0.05, 0.1) is 4.92 Å². The van der Waals surface area contributed by atoms with E-state index >= 15 is 0 Å². The summed E-state index contributed by atoms with van der Waals surface area (Å²) < 4.78 is 0. The van der Waals surface area contributed by atoms with Crippen LogP contribution in [0.5, 0.6) is 0 Å². The molecule has 1 aromatic rings. The first kappa shape index (κ1) is 22.1. The molecule has 2 fully saturated rings. The van der Waals surface area contributed by atoms with Gasteiger partial charge in [-0.15, -0.1) is 0 Å². The van der Waals surface area contributed by atoms with E-state index in [0.717, 1.165) is 25.7 Å². The predicted molar refractivity (Wildman–Crippen MR) is 116 cm³/mol. The highest BCUT2D eigenvalue weighted by Crippen LogP contribution is 2.33. The van der Waals surface area contributed by atoms with Crippen molar-refractivity contribution < 1.29 is 14.5 Å². The van der Waals surface area contributed by atoms with Gasteiger partial charge in [0, 0.05) is 57.3 Å². The zero-order valence-corrected chi connectivity index (χ0v) is 18.2. The number of amides is 2. The number of nitro groups is 1. The Kier molecular flexibility index (Phi) is 6.95. The lowest BCUT2D eigenvalue weighted by atomic mass is 9.87. The van der Waals surface area contributed by atoms with Crippen molar-refractivity contribution in [1.82, 2.24) is 9.80 Å². The molecule has 2 saturated heterocycles. The molecule has 8 heteroatoms. The van der Waals surface area contributed by atoms with E-state index in [0.29, 0.717) is 49.9 Å². The molecule has 0 saturated carbocycles. The molecule has 164 valence electrons. The molecule has 2 unspecified atom stereocenters. The second kappa shape index (κ2) is 9.45. The minimum Gasteiger partial charge on any atom is -0.362 e. The third kappa shape index (κ3) is 4.57. The lowest BCUT2D eigenvalue weighted by molar-refractivity contribution is -0.384. The Labute approximate surface area is 178 Å². The van der Waals surface area contributed by atoms with Crippen LogP contribution in [-0.2, 0) is 4.79 Å². The topological polar surface area (TPSA) is 87.0 Å². The van der Waals surface area contributed by atoms with E-state index in [9.17, 15) is 19.7 Å². The Morgan fingerprint density at radius 2 is 1.87 bits per heavy atom. The maximum absolute atomic E-state index is 13.3. The lowest BCUT2D eigenvalue weighted by Gasteiger charge is -2.40. The van der Waals surface area contributed by atoms with Gasteiger partial charge in [0.25, 0.3) is 11.6 Å². The zero-order chi connectivity index (χ0) is 21.8. The fourth-order valence-electron chi connectivity index (χ4n) is 4.74. The molecule has 8 nitrogen and oxygen atoms in total. The lowest BCUT2D eigenvalue weighted by Crippen LogP contribution is -2.48. The van der Waals surface area contributed by atoms with Gasteiger partial charge >= 0.3 is 0 Å². The standard InChI is InChI=1S/C22H32N4O4/c1-4-6-19-16(2)7-5-10-25(19)22(28)18-8-9-20(21(15-18)26(29)30)24-13-11-23(12-14-24)17(3)27/h8-9,15-16,19H,4-7,10-14H2,1-3H3. The van der Waals surface area contributed by atoms with E-state index in [-0.39, 0.29) is 23.5 Å². The summed E-state index contributed by atoms with van der Waals surface area (Å²) in [6.45, 7) is 8.70. The van der Waals surface area contributed by atoms with E-state index in [4.69, 9.17) is 0 Å². The first-order valence-corrected chi connectivity index (χ1v) is 10.9. The number of likely N-dealkylation sites (tertiary alicyclic amines) is 1. The quantitative estimate of drug-likeness (QED) is 0.543. The predicted octanol–water partition coefficient (Wildman–Crippen LogP) is 3.30. The molecular weight excluding hydrogens is 384 g/mol. The molecule has 2 heterocycles.